The number of benzene rings is 1. The number of hydrogen-bond acceptors (Lipinski definition) is 4. The first kappa shape index (κ1) is 18.3. The summed E-state index contributed by atoms with van der Waals surface area (Å²) < 4.78 is 1.48. The molecule has 2 heterocycles. The van der Waals surface area contributed by atoms with Gasteiger partial charge in [-0.2, -0.15) is 0 Å². The number of thiophene rings is 1. The van der Waals surface area contributed by atoms with E-state index >= 15 is 0 Å². The van der Waals surface area contributed by atoms with E-state index in [0.29, 0.717) is 11.2 Å². The molecule has 136 valence electrons. The summed E-state index contributed by atoms with van der Waals surface area (Å²) in [5.41, 5.74) is 1.77. The molecule has 1 N–H and O–H groups in total. The third-order valence-electron chi connectivity index (χ3n) is 4.57. The molecular formula is C20H23N3O2S. The largest absolute Gasteiger partial charge is 0.324 e. The molecule has 1 unspecified atom stereocenters. The Morgan fingerprint density at radius 1 is 1.23 bits per heavy atom. The van der Waals surface area contributed by atoms with Crippen LogP contribution in [0, 0.1) is 6.92 Å². The van der Waals surface area contributed by atoms with E-state index in [9.17, 15) is 9.59 Å². The van der Waals surface area contributed by atoms with Crippen molar-refractivity contribution < 1.29 is 4.79 Å². The first-order chi connectivity index (χ1) is 12.4. The van der Waals surface area contributed by atoms with Crippen LogP contribution in [0.2, 0.25) is 0 Å². The minimum Gasteiger partial charge on any atom is -0.324 e. The molecule has 2 aromatic heterocycles. The molecule has 0 bridgehead atoms. The normalized spacial score (nSPS) is 12.3. The molecule has 6 heteroatoms. The maximum Gasteiger partial charge on any atom is 0.263 e. The van der Waals surface area contributed by atoms with Crippen LogP contribution >= 0.6 is 11.3 Å². The molecular weight excluding hydrogens is 346 g/mol. The van der Waals surface area contributed by atoms with Crippen LogP contribution in [0.5, 0.6) is 0 Å². The van der Waals surface area contributed by atoms with Crippen molar-refractivity contribution in [1.82, 2.24) is 9.55 Å². The van der Waals surface area contributed by atoms with E-state index in [0.717, 1.165) is 28.2 Å². The van der Waals surface area contributed by atoms with Crippen LogP contribution in [0.3, 0.4) is 0 Å². The second-order valence-corrected chi connectivity index (χ2v) is 7.45. The Kier molecular flexibility index (Phi) is 5.23. The van der Waals surface area contributed by atoms with Gasteiger partial charge in [-0.25, -0.2) is 4.98 Å². The summed E-state index contributed by atoms with van der Waals surface area (Å²) in [7, 11) is 0. The molecule has 1 amide bonds. The summed E-state index contributed by atoms with van der Waals surface area (Å²) in [5.74, 6) is 0.322. The van der Waals surface area contributed by atoms with Gasteiger partial charge in [-0.1, -0.05) is 26.0 Å². The quantitative estimate of drug-likeness (QED) is 0.737. The number of amides is 1. The number of rotatable bonds is 5. The van der Waals surface area contributed by atoms with Crippen molar-refractivity contribution in [2.75, 3.05) is 5.32 Å². The van der Waals surface area contributed by atoms with Crippen molar-refractivity contribution in [1.29, 1.82) is 0 Å². The smallest absolute Gasteiger partial charge is 0.263 e. The van der Waals surface area contributed by atoms with E-state index in [-0.39, 0.29) is 11.5 Å². The van der Waals surface area contributed by atoms with Gasteiger partial charge in [-0.3, -0.25) is 14.2 Å². The zero-order chi connectivity index (χ0) is 18.8. The number of nitrogens with zero attached hydrogens (tertiary/aromatic N) is 2. The molecule has 0 saturated heterocycles. The zero-order valence-electron chi connectivity index (χ0n) is 15.5. The van der Waals surface area contributed by atoms with Crippen LogP contribution < -0.4 is 10.9 Å². The van der Waals surface area contributed by atoms with Gasteiger partial charge in [-0.15, -0.1) is 11.3 Å². The number of hydrogen-bond donors (Lipinski definition) is 1. The van der Waals surface area contributed by atoms with Gasteiger partial charge in [0.25, 0.3) is 5.56 Å². The van der Waals surface area contributed by atoms with Crippen LogP contribution in [0.15, 0.2) is 35.1 Å². The Morgan fingerprint density at radius 2 is 1.92 bits per heavy atom. The lowest BCUT2D eigenvalue weighted by Crippen LogP contribution is -2.33. The van der Waals surface area contributed by atoms with Crippen molar-refractivity contribution >= 4 is 33.1 Å². The standard InChI is InChI=1S/C20H23N3O2S/c1-5-14-7-9-15(10-8-14)22-18(24)12(3)23-13(4)21-19-17(20(23)25)11-16(6-2)26-19/h7-12H,5-6H2,1-4H3,(H,22,24). The van der Waals surface area contributed by atoms with Gasteiger partial charge in [0.15, 0.2) is 0 Å². The molecule has 0 saturated carbocycles. The fraction of sp³-hybridized carbons (Fsp3) is 0.350. The van der Waals surface area contributed by atoms with Gasteiger partial charge in [0.05, 0.1) is 5.39 Å². The van der Waals surface area contributed by atoms with Crippen molar-refractivity contribution in [3.8, 4) is 0 Å². The average Bonchev–Trinajstić information content (AvgIpc) is 3.05. The second kappa shape index (κ2) is 7.41. The highest BCUT2D eigenvalue weighted by molar-refractivity contribution is 7.18. The van der Waals surface area contributed by atoms with Crippen LogP contribution in [0.25, 0.3) is 10.2 Å². The minimum absolute atomic E-state index is 0.160. The number of aromatic nitrogens is 2. The summed E-state index contributed by atoms with van der Waals surface area (Å²) in [6, 6.07) is 8.99. The molecule has 0 spiro atoms. The van der Waals surface area contributed by atoms with Crippen LogP contribution in [0.1, 0.15) is 43.1 Å². The van der Waals surface area contributed by atoms with Gasteiger partial charge in [0.1, 0.15) is 16.7 Å². The van der Waals surface area contributed by atoms with E-state index in [4.69, 9.17) is 0 Å². The molecule has 3 rings (SSSR count). The zero-order valence-corrected chi connectivity index (χ0v) is 16.3. The highest BCUT2D eigenvalue weighted by atomic mass is 32.1. The summed E-state index contributed by atoms with van der Waals surface area (Å²) in [6.07, 6.45) is 1.81. The number of aryl methyl sites for hydroxylation is 3. The molecule has 5 nitrogen and oxygen atoms in total. The van der Waals surface area contributed by atoms with E-state index in [1.54, 1.807) is 13.8 Å². The lowest BCUT2D eigenvalue weighted by molar-refractivity contribution is -0.118. The molecule has 1 atom stereocenters. The fourth-order valence-electron chi connectivity index (χ4n) is 2.96. The molecule has 0 fully saturated rings. The highest BCUT2D eigenvalue weighted by Crippen LogP contribution is 2.23. The van der Waals surface area contributed by atoms with Gasteiger partial charge in [0.2, 0.25) is 5.91 Å². The van der Waals surface area contributed by atoms with Crippen LogP contribution in [-0.2, 0) is 17.6 Å². The maximum atomic E-state index is 12.9. The third kappa shape index (κ3) is 3.42. The van der Waals surface area contributed by atoms with E-state index in [2.05, 4.69) is 24.1 Å². The summed E-state index contributed by atoms with van der Waals surface area (Å²) >= 11 is 1.54. The number of anilines is 1. The average molecular weight is 369 g/mol. The summed E-state index contributed by atoms with van der Waals surface area (Å²) in [4.78, 5) is 32.0. The van der Waals surface area contributed by atoms with Crippen molar-refractivity contribution in [2.24, 2.45) is 0 Å². The topological polar surface area (TPSA) is 64.0 Å². The van der Waals surface area contributed by atoms with Gasteiger partial charge >= 0.3 is 0 Å². The first-order valence-corrected chi connectivity index (χ1v) is 9.67. The minimum atomic E-state index is -0.643. The molecule has 3 aromatic rings. The Bertz CT molecular complexity index is 1000. The molecule has 0 radical (unpaired) electrons. The van der Waals surface area contributed by atoms with Gasteiger partial charge in [0, 0.05) is 10.6 Å². The molecule has 0 aliphatic heterocycles. The SMILES string of the molecule is CCc1ccc(NC(=O)C(C)n2c(C)nc3sc(CC)cc3c2=O)cc1. The summed E-state index contributed by atoms with van der Waals surface area (Å²) in [6.45, 7) is 7.63. The van der Waals surface area contributed by atoms with Crippen molar-refractivity contribution in [3.05, 3.63) is 57.0 Å². The Hall–Kier alpha value is -2.47. The molecule has 26 heavy (non-hydrogen) atoms. The van der Waals surface area contributed by atoms with E-state index in [1.807, 2.05) is 30.3 Å². The predicted octanol–water partition coefficient (Wildman–Crippen LogP) is 4.09. The Morgan fingerprint density at radius 3 is 2.54 bits per heavy atom. The monoisotopic (exact) mass is 369 g/mol. The third-order valence-corrected chi connectivity index (χ3v) is 5.74. The lowest BCUT2D eigenvalue weighted by Gasteiger charge is -2.17. The highest BCUT2D eigenvalue weighted by Gasteiger charge is 2.21. The second-order valence-electron chi connectivity index (χ2n) is 6.33. The van der Waals surface area contributed by atoms with Crippen molar-refractivity contribution in [2.45, 2.75) is 46.6 Å². The van der Waals surface area contributed by atoms with Crippen LogP contribution in [-0.4, -0.2) is 15.5 Å². The number of carbonyl (C=O) groups is 1. The van der Waals surface area contributed by atoms with Gasteiger partial charge in [-0.05, 0) is 50.5 Å². The van der Waals surface area contributed by atoms with Crippen molar-refractivity contribution in [3.63, 3.8) is 0 Å². The number of fused-ring (bicyclic) bond motifs is 1. The first-order valence-electron chi connectivity index (χ1n) is 8.86. The Balaban J connectivity index is 1.91. The number of nitrogens with one attached hydrogen (secondary N) is 1. The maximum absolute atomic E-state index is 12.9. The molecule has 1 aromatic carbocycles. The Labute approximate surface area is 156 Å². The fourth-order valence-corrected chi connectivity index (χ4v) is 3.97. The summed E-state index contributed by atoms with van der Waals surface area (Å²) in [5, 5.41) is 3.47. The van der Waals surface area contributed by atoms with E-state index < -0.39 is 6.04 Å². The molecule has 0 aliphatic carbocycles. The van der Waals surface area contributed by atoms with E-state index in [1.165, 1.54) is 21.5 Å². The lowest BCUT2D eigenvalue weighted by atomic mass is 10.1. The molecule has 0 aliphatic rings. The van der Waals surface area contributed by atoms with Gasteiger partial charge < -0.3 is 5.32 Å². The van der Waals surface area contributed by atoms with Crippen LogP contribution in [0.4, 0.5) is 5.69 Å². The number of carbonyl (C=O) groups excluding carboxylic acids is 1. The predicted molar refractivity (Wildman–Crippen MR) is 107 cm³/mol.